The molecule has 2 heterocycles. The summed E-state index contributed by atoms with van der Waals surface area (Å²) in [4.78, 5) is 25.9. The molecule has 5 nitrogen and oxygen atoms in total. The average molecular weight is 384 g/mol. The third-order valence-electron chi connectivity index (χ3n) is 4.39. The van der Waals surface area contributed by atoms with Crippen LogP contribution in [0.25, 0.3) is 22.6 Å². The number of rotatable bonds is 4. The number of carbonyl (C=O) groups is 1. The van der Waals surface area contributed by atoms with E-state index in [2.05, 4.69) is 20.3 Å². The second-order valence-electron chi connectivity index (χ2n) is 6.50. The van der Waals surface area contributed by atoms with Crippen LogP contribution >= 0.6 is 0 Å². The number of nitrogens with zero attached hydrogens (tertiary/aromatic N) is 3. The molecule has 0 fully saturated rings. The molecule has 6 heteroatoms. The molecular formula is C23H17FN4O. The lowest BCUT2D eigenvalue weighted by Crippen LogP contribution is -2.16. The van der Waals surface area contributed by atoms with E-state index in [1.54, 1.807) is 37.5 Å². The molecule has 29 heavy (non-hydrogen) atoms. The summed E-state index contributed by atoms with van der Waals surface area (Å²) in [5.41, 5.74) is 3.12. The summed E-state index contributed by atoms with van der Waals surface area (Å²) >= 11 is 0. The van der Waals surface area contributed by atoms with Gasteiger partial charge in [-0.3, -0.25) is 9.78 Å². The van der Waals surface area contributed by atoms with Crippen molar-refractivity contribution in [3.05, 3.63) is 96.2 Å². The number of hydrogen-bond donors (Lipinski definition) is 1. The van der Waals surface area contributed by atoms with E-state index in [1.807, 2.05) is 30.3 Å². The van der Waals surface area contributed by atoms with Crippen molar-refractivity contribution in [2.24, 2.45) is 0 Å². The minimum absolute atomic E-state index is 0.105. The lowest BCUT2D eigenvalue weighted by atomic mass is 10.1. The fraction of sp³-hybridized carbons (Fsp3) is 0.0435. The SMILES string of the molecule is Cc1ccc(NC(=O)c2cnc(-c3ccccc3)nc2-c2ccncc2)c(F)c1. The lowest BCUT2D eigenvalue weighted by molar-refractivity contribution is 0.102. The summed E-state index contributed by atoms with van der Waals surface area (Å²) in [5, 5.41) is 2.61. The molecule has 0 aliphatic rings. The van der Waals surface area contributed by atoms with Crippen LogP contribution in [0.1, 0.15) is 15.9 Å². The Hall–Kier alpha value is -3.93. The van der Waals surface area contributed by atoms with Crippen molar-refractivity contribution in [3.8, 4) is 22.6 Å². The molecule has 4 aromatic rings. The number of carbonyl (C=O) groups excluding carboxylic acids is 1. The summed E-state index contributed by atoms with van der Waals surface area (Å²) in [6, 6.07) is 17.7. The fourth-order valence-corrected chi connectivity index (χ4v) is 2.92. The van der Waals surface area contributed by atoms with Gasteiger partial charge in [0.15, 0.2) is 5.82 Å². The van der Waals surface area contributed by atoms with Gasteiger partial charge in [-0.1, -0.05) is 36.4 Å². The Morgan fingerprint density at radius 2 is 1.72 bits per heavy atom. The van der Waals surface area contributed by atoms with E-state index in [0.717, 1.165) is 11.1 Å². The van der Waals surface area contributed by atoms with Crippen LogP contribution in [0.5, 0.6) is 0 Å². The Labute approximate surface area is 167 Å². The molecule has 142 valence electrons. The van der Waals surface area contributed by atoms with Crippen LogP contribution in [0.15, 0.2) is 79.3 Å². The van der Waals surface area contributed by atoms with Crippen LogP contribution in [0.4, 0.5) is 10.1 Å². The lowest BCUT2D eigenvalue weighted by Gasteiger charge is -2.12. The molecule has 1 N–H and O–H groups in total. The summed E-state index contributed by atoms with van der Waals surface area (Å²) in [5.74, 6) is -0.486. The van der Waals surface area contributed by atoms with Gasteiger partial charge < -0.3 is 5.32 Å². The van der Waals surface area contributed by atoms with Gasteiger partial charge >= 0.3 is 0 Å². The summed E-state index contributed by atoms with van der Waals surface area (Å²) in [6.07, 6.45) is 4.72. The third-order valence-corrected chi connectivity index (χ3v) is 4.39. The predicted octanol–water partition coefficient (Wildman–Crippen LogP) is 4.91. The van der Waals surface area contributed by atoms with Gasteiger partial charge in [-0.05, 0) is 36.8 Å². The monoisotopic (exact) mass is 384 g/mol. The highest BCUT2D eigenvalue weighted by atomic mass is 19.1. The minimum Gasteiger partial charge on any atom is -0.319 e. The van der Waals surface area contributed by atoms with Crippen molar-refractivity contribution in [1.82, 2.24) is 15.0 Å². The highest BCUT2D eigenvalue weighted by molar-refractivity contribution is 6.08. The first kappa shape index (κ1) is 18.4. The maximum Gasteiger partial charge on any atom is 0.259 e. The van der Waals surface area contributed by atoms with Crippen LogP contribution in [0.2, 0.25) is 0 Å². The van der Waals surface area contributed by atoms with Gasteiger partial charge in [0.1, 0.15) is 5.82 Å². The molecule has 0 spiro atoms. The molecule has 2 aromatic heterocycles. The van der Waals surface area contributed by atoms with Gasteiger partial charge in [0.2, 0.25) is 0 Å². The highest BCUT2D eigenvalue weighted by Crippen LogP contribution is 2.25. The van der Waals surface area contributed by atoms with E-state index >= 15 is 0 Å². The number of halogens is 1. The van der Waals surface area contributed by atoms with E-state index < -0.39 is 11.7 Å². The van der Waals surface area contributed by atoms with Crippen LogP contribution < -0.4 is 5.32 Å². The number of aryl methyl sites for hydroxylation is 1. The summed E-state index contributed by atoms with van der Waals surface area (Å²) in [7, 11) is 0. The number of nitrogens with one attached hydrogen (secondary N) is 1. The quantitative estimate of drug-likeness (QED) is 0.543. The van der Waals surface area contributed by atoms with E-state index in [1.165, 1.54) is 18.3 Å². The smallest absolute Gasteiger partial charge is 0.259 e. The summed E-state index contributed by atoms with van der Waals surface area (Å²) < 4.78 is 14.2. The first-order valence-electron chi connectivity index (χ1n) is 9.02. The molecule has 0 radical (unpaired) electrons. The van der Waals surface area contributed by atoms with Crippen molar-refractivity contribution in [2.75, 3.05) is 5.32 Å². The Morgan fingerprint density at radius 1 is 0.966 bits per heavy atom. The van der Waals surface area contributed by atoms with Crippen molar-refractivity contribution < 1.29 is 9.18 Å². The summed E-state index contributed by atoms with van der Waals surface area (Å²) in [6.45, 7) is 1.78. The average Bonchev–Trinajstić information content (AvgIpc) is 2.76. The van der Waals surface area contributed by atoms with Crippen molar-refractivity contribution in [3.63, 3.8) is 0 Å². The van der Waals surface area contributed by atoms with Crippen LogP contribution in [-0.4, -0.2) is 20.9 Å². The van der Waals surface area contributed by atoms with Crippen molar-refractivity contribution in [2.45, 2.75) is 6.92 Å². The molecular weight excluding hydrogens is 367 g/mol. The first-order valence-corrected chi connectivity index (χ1v) is 9.02. The van der Waals surface area contributed by atoms with Gasteiger partial charge in [0.05, 0.1) is 16.9 Å². The number of amides is 1. The first-order chi connectivity index (χ1) is 14.1. The zero-order valence-electron chi connectivity index (χ0n) is 15.6. The third kappa shape index (κ3) is 4.01. The zero-order valence-corrected chi connectivity index (χ0v) is 15.6. The zero-order chi connectivity index (χ0) is 20.2. The van der Waals surface area contributed by atoms with Crippen molar-refractivity contribution in [1.29, 1.82) is 0 Å². The van der Waals surface area contributed by atoms with Gasteiger partial charge in [0, 0.05) is 29.7 Å². The van der Waals surface area contributed by atoms with Gasteiger partial charge in [-0.2, -0.15) is 0 Å². The van der Waals surface area contributed by atoms with Gasteiger partial charge in [-0.25, -0.2) is 14.4 Å². The number of pyridine rings is 1. The van der Waals surface area contributed by atoms with E-state index in [4.69, 9.17) is 0 Å². The van der Waals surface area contributed by atoms with Crippen LogP contribution in [-0.2, 0) is 0 Å². The van der Waals surface area contributed by atoms with Gasteiger partial charge in [-0.15, -0.1) is 0 Å². The standard InChI is InChI=1S/C23H17FN4O/c1-15-7-8-20(19(24)13-15)27-23(29)18-14-26-22(17-5-3-2-4-6-17)28-21(18)16-9-11-25-12-10-16/h2-14H,1H3,(H,27,29). The Balaban J connectivity index is 1.77. The van der Waals surface area contributed by atoms with E-state index in [-0.39, 0.29) is 11.3 Å². The molecule has 0 saturated carbocycles. The highest BCUT2D eigenvalue weighted by Gasteiger charge is 2.18. The largest absolute Gasteiger partial charge is 0.319 e. The number of anilines is 1. The molecule has 0 atom stereocenters. The molecule has 4 rings (SSSR count). The number of aromatic nitrogens is 3. The second kappa shape index (κ2) is 7.98. The molecule has 0 aliphatic heterocycles. The number of hydrogen-bond acceptors (Lipinski definition) is 4. The fourth-order valence-electron chi connectivity index (χ4n) is 2.92. The van der Waals surface area contributed by atoms with Crippen molar-refractivity contribution >= 4 is 11.6 Å². The molecule has 0 unspecified atom stereocenters. The Morgan fingerprint density at radius 3 is 2.45 bits per heavy atom. The van der Waals surface area contributed by atoms with E-state index in [0.29, 0.717) is 17.1 Å². The molecule has 1 amide bonds. The minimum atomic E-state index is -0.495. The van der Waals surface area contributed by atoms with Crippen LogP contribution in [0, 0.1) is 12.7 Å². The molecule has 2 aromatic carbocycles. The Bertz CT molecular complexity index is 1160. The predicted molar refractivity (Wildman–Crippen MR) is 110 cm³/mol. The Kier molecular flexibility index (Phi) is 5.07. The normalized spacial score (nSPS) is 10.6. The molecule has 0 saturated heterocycles. The van der Waals surface area contributed by atoms with Crippen LogP contribution in [0.3, 0.4) is 0 Å². The topological polar surface area (TPSA) is 67.8 Å². The molecule has 0 aliphatic carbocycles. The maximum atomic E-state index is 14.2. The molecule has 0 bridgehead atoms. The maximum absolute atomic E-state index is 14.2. The van der Waals surface area contributed by atoms with E-state index in [9.17, 15) is 9.18 Å². The van der Waals surface area contributed by atoms with Gasteiger partial charge in [0.25, 0.3) is 5.91 Å². The second-order valence-corrected chi connectivity index (χ2v) is 6.50. The number of benzene rings is 2.